The first kappa shape index (κ1) is 10.6. The monoisotopic (exact) mass is 190 g/mol. The molecule has 1 fully saturated rings. The van der Waals surface area contributed by atoms with Crippen molar-refractivity contribution in [3.63, 3.8) is 0 Å². The van der Waals surface area contributed by atoms with Gasteiger partial charge < -0.3 is 4.90 Å². The highest BCUT2D eigenvalue weighted by Crippen LogP contribution is 2.38. The molecule has 0 heterocycles. The third-order valence-corrected chi connectivity index (χ3v) is 2.76. The summed E-state index contributed by atoms with van der Waals surface area (Å²) < 4.78 is 0. The molecule has 1 aliphatic carbocycles. The zero-order chi connectivity index (χ0) is 10.6. The van der Waals surface area contributed by atoms with Crippen molar-refractivity contribution in [2.75, 3.05) is 13.6 Å². The van der Waals surface area contributed by atoms with Gasteiger partial charge in [0, 0.05) is 7.05 Å². The Kier molecular flexibility index (Phi) is 3.14. The van der Waals surface area contributed by atoms with Crippen LogP contribution in [0, 0.1) is 29.1 Å². The van der Waals surface area contributed by atoms with Crippen LogP contribution in [0.4, 0.5) is 0 Å². The van der Waals surface area contributed by atoms with Crippen molar-refractivity contribution in [1.29, 1.82) is 5.26 Å². The molecule has 1 saturated carbocycles. The van der Waals surface area contributed by atoms with Gasteiger partial charge in [0.2, 0.25) is 5.91 Å². The summed E-state index contributed by atoms with van der Waals surface area (Å²) in [4.78, 5) is 13.4. The quantitative estimate of drug-likeness (QED) is 0.613. The number of nitrogens with zero attached hydrogens (tertiary/aromatic N) is 2. The van der Waals surface area contributed by atoms with E-state index in [0.29, 0.717) is 12.8 Å². The van der Waals surface area contributed by atoms with E-state index in [9.17, 15) is 4.79 Å². The molecule has 0 aliphatic heterocycles. The minimum Gasteiger partial charge on any atom is -0.333 e. The van der Waals surface area contributed by atoms with Crippen molar-refractivity contribution in [3.05, 3.63) is 0 Å². The topological polar surface area (TPSA) is 44.1 Å². The maximum absolute atomic E-state index is 11.9. The lowest BCUT2D eigenvalue weighted by Crippen LogP contribution is -2.39. The van der Waals surface area contributed by atoms with Crippen molar-refractivity contribution in [3.8, 4) is 18.4 Å². The third kappa shape index (κ3) is 1.72. The normalized spacial score (nSPS) is 18.2. The second kappa shape index (κ2) is 4.15. The highest BCUT2D eigenvalue weighted by atomic mass is 16.2. The number of hydrogen-bond donors (Lipinski definition) is 0. The van der Waals surface area contributed by atoms with E-state index in [0.717, 1.165) is 12.8 Å². The van der Waals surface area contributed by atoms with Crippen LogP contribution in [-0.2, 0) is 4.79 Å². The number of nitriles is 1. The van der Waals surface area contributed by atoms with E-state index >= 15 is 0 Å². The van der Waals surface area contributed by atoms with Gasteiger partial charge in [-0.05, 0) is 12.8 Å². The van der Waals surface area contributed by atoms with Gasteiger partial charge in [-0.25, -0.2) is 0 Å². The standard InChI is InChI=1S/C11H14N2O/c1-3-8-13(2)10(14)11(9-12)6-4-5-7-11/h1H,4-8H2,2H3. The fourth-order valence-corrected chi connectivity index (χ4v) is 1.93. The summed E-state index contributed by atoms with van der Waals surface area (Å²) in [5.74, 6) is 2.29. The zero-order valence-corrected chi connectivity index (χ0v) is 8.42. The van der Waals surface area contributed by atoms with Crippen LogP contribution in [-0.4, -0.2) is 24.4 Å². The fourth-order valence-electron chi connectivity index (χ4n) is 1.93. The molecular weight excluding hydrogens is 176 g/mol. The number of amides is 1. The summed E-state index contributed by atoms with van der Waals surface area (Å²) >= 11 is 0. The van der Waals surface area contributed by atoms with Gasteiger partial charge in [-0.3, -0.25) is 4.79 Å². The van der Waals surface area contributed by atoms with Crippen LogP contribution < -0.4 is 0 Å². The summed E-state index contributed by atoms with van der Waals surface area (Å²) in [6.07, 6.45) is 8.40. The molecule has 0 atom stereocenters. The predicted octanol–water partition coefficient (Wildman–Crippen LogP) is 1.16. The molecule has 0 aromatic carbocycles. The maximum atomic E-state index is 11.9. The Labute approximate surface area is 84.7 Å². The molecule has 0 unspecified atom stereocenters. The van der Waals surface area contributed by atoms with E-state index in [4.69, 9.17) is 11.7 Å². The molecule has 0 spiro atoms. The average molecular weight is 190 g/mol. The first-order valence-electron chi connectivity index (χ1n) is 4.76. The Balaban J connectivity index is 2.77. The lowest BCUT2D eigenvalue weighted by Gasteiger charge is -2.24. The third-order valence-electron chi connectivity index (χ3n) is 2.76. The number of hydrogen-bond acceptors (Lipinski definition) is 2. The molecule has 14 heavy (non-hydrogen) atoms. The lowest BCUT2D eigenvalue weighted by atomic mass is 9.86. The first-order valence-corrected chi connectivity index (χ1v) is 4.76. The molecular formula is C11H14N2O. The number of carbonyl (C=O) groups excluding carboxylic acids is 1. The fraction of sp³-hybridized carbons (Fsp3) is 0.636. The zero-order valence-electron chi connectivity index (χ0n) is 8.42. The van der Waals surface area contributed by atoms with Crippen molar-refractivity contribution < 1.29 is 4.79 Å². The first-order chi connectivity index (χ1) is 6.66. The summed E-state index contributed by atoms with van der Waals surface area (Å²) in [6.45, 7) is 0.280. The second-order valence-electron chi connectivity index (χ2n) is 3.77. The summed E-state index contributed by atoms with van der Waals surface area (Å²) in [5.41, 5.74) is -0.786. The summed E-state index contributed by atoms with van der Waals surface area (Å²) in [5, 5.41) is 9.05. The number of rotatable bonds is 2. The van der Waals surface area contributed by atoms with Crippen LogP contribution in [0.1, 0.15) is 25.7 Å². The van der Waals surface area contributed by atoms with Gasteiger partial charge in [-0.1, -0.05) is 18.8 Å². The molecule has 0 bridgehead atoms. The van der Waals surface area contributed by atoms with E-state index in [1.54, 1.807) is 7.05 Å². The van der Waals surface area contributed by atoms with E-state index in [1.165, 1.54) is 4.90 Å². The number of carbonyl (C=O) groups is 1. The second-order valence-corrected chi connectivity index (χ2v) is 3.77. The van der Waals surface area contributed by atoms with Crippen LogP contribution in [0.5, 0.6) is 0 Å². The Bertz CT molecular complexity index is 302. The predicted molar refractivity (Wildman–Crippen MR) is 53.0 cm³/mol. The SMILES string of the molecule is C#CCN(C)C(=O)C1(C#N)CCCC1. The molecule has 1 aliphatic rings. The van der Waals surface area contributed by atoms with Crippen molar-refractivity contribution in [1.82, 2.24) is 4.90 Å². The average Bonchev–Trinajstić information content (AvgIpc) is 2.66. The van der Waals surface area contributed by atoms with Crippen molar-refractivity contribution in [2.24, 2.45) is 5.41 Å². The minimum absolute atomic E-state index is 0.115. The summed E-state index contributed by atoms with van der Waals surface area (Å²) in [6, 6.07) is 2.16. The molecule has 1 amide bonds. The highest BCUT2D eigenvalue weighted by molar-refractivity contribution is 5.85. The molecule has 0 N–H and O–H groups in total. The molecule has 0 radical (unpaired) electrons. The molecule has 3 heteroatoms. The van der Waals surface area contributed by atoms with E-state index in [2.05, 4.69) is 12.0 Å². The highest BCUT2D eigenvalue weighted by Gasteiger charge is 2.42. The van der Waals surface area contributed by atoms with Crippen LogP contribution in [0.25, 0.3) is 0 Å². The molecule has 0 aromatic heterocycles. The Morgan fingerprint density at radius 3 is 2.57 bits per heavy atom. The molecule has 0 saturated heterocycles. The minimum atomic E-state index is -0.786. The van der Waals surface area contributed by atoms with Crippen LogP contribution >= 0.6 is 0 Å². The molecule has 74 valence electrons. The Morgan fingerprint density at radius 2 is 2.14 bits per heavy atom. The van der Waals surface area contributed by atoms with Crippen LogP contribution in [0.15, 0.2) is 0 Å². The molecule has 3 nitrogen and oxygen atoms in total. The van der Waals surface area contributed by atoms with Gasteiger partial charge in [0.15, 0.2) is 0 Å². The summed E-state index contributed by atoms with van der Waals surface area (Å²) in [7, 11) is 1.65. The Morgan fingerprint density at radius 1 is 1.57 bits per heavy atom. The Hall–Kier alpha value is -1.48. The van der Waals surface area contributed by atoms with E-state index < -0.39 is 5.41 Å². The van der Waals surface area contributed by atoms with Gasteiger partial charge in [0.25, 0.3) is 0 Å². The van der Waals surface area contributed by atoms with E-state index in [-0.39, 0.29) is 12.5 Å². The van der Waals surface area contributed by atoms with Crippen molar-refractivity contribution in [2.45, 2.75) is 25.7 Å². The van der Waals surface area contributed by atoms with Crippen LogP contribution in [0.2, 0.25) is 0 Å². The van der Waals surface area contributed by atoms with E-state index in [1.807, 2.05) is 0 Å². The lowest BCUT2D eigenvalue weighted by molar-refractivity contribution is -0.136. The largest absolute Gasteiger partial charge is 0.333 e. The van der Waals surface area contributed by atoms with Crippen LogP contribution in [0.3, 0.4) is 0 Å². The maximum Gasteiger partial charge on any atom is 0.243 e. The van der Waals surface area contributed by atoms with Gasteiger partial charge in [-0.15, -0.1) is 6.42 Å². The van der Waals surface area contributed by atoms with Gasteiger partial charge >= 0.3 is 0 Å². The molecule has 1 rings (SSSR count). The molecule has 0 aromatic rings. The van der Waals surface area contributed by atoms with Gasteiger partial charge in [0.05, 0.1) is 12.6 Å². The van der Waals surface area contributed by atoms with Gasteiger partial charge in [0.1, 0.15) is 5.41 Å². The van der Waals surface area contributed by atoms with Gasteiger partial charge in [-0.2, -0.15) is 5.26 Å². The smallest absolute Gasteiger partial charge is 0.243 e. The van der Waals surface area contributed by atoms with Crippen molar-refractivity contribution >= 4 is 5.91 Å². The number of terminal acetylenes is 1.